The maximum atomic E-state index is 11.9. The van der Waals surface area contributed by atoms with Crippen LogP contribution in [-0.4, -0.2) is 21.9 Å². The lowest BCUT2D eigenvalue weighted by molar-refractivity contribution is -0.119. The summed E-state index contributed by atoms with van der Waals surface area (Å²) in [5, 5.41) is 3.95. The van der Waals surface area contributed by atoms with Crippen molar-refractivity contribution in [3.63, 3.8) is 0 Å². The first-order valence-electron chi connectivity index (χ1n) is 7.65. The number of hydrogen-bond donors (Lipinski definition) is 1. The molecule has 3 rings (SSSR count). The summed E-state index contributed by atoms with van der Waals surface area (Å²) in [5.74, 6) is 1.41. The van der Waals surface area contributed by atoms with Crippen LogP contribution in [0.2, 0.25) is 0 Å². The lowest BCUT2D eigenvalue weighted by Crippen LogP contribution is -2.39. The lowest BCUT2D eigenvalue weighted by atomic mass is 9.67. The number of fused-ring (bicyclic) bond motifs is 2. The number of rotatable bonds is 2. The van der Waals surface area contributed by atoms with Crippen LogP contribution in [0.3, 0.4) is 0 Å². The SMILES string of the molecule is C.CC(C)C1SC(=NC23CCCC(CCC2)C3)NC1=O. The van der Waals surface area contributed by atoms with Gasteiger partial charge in [-0.15, -0.1) is 0 Å². The Bertz CT molecular complexity index is 395. The quantitative estimate of drug-likeness (QED) is 0.837. The van der Waals surface area contributed by atoms with E-state index in [-0.39, 0.29) is 24.1 Å². The van der Waals surface area contributed by atoms with Crippen molar-refractivity contribution >= 4 is 22.8 Å². The van der Waals surface area contributed by atoms with Crippen molar-refractivity contribution in [3.8, 4) is 0 Å². The van der Waals surface area contributed by atoms with Crippen LogP contribution in [0, 0.1) is 11.8 Å². The fraction of sp³-hybridized carbons (Fsp3) is 0.875. The molecule has 1 saturated heterocycles. The van der Waals surface area contributed by atoms with E-state index in [0.717, 1.165) is 11.1 Å². The molecule has 0 aromatic rings. The Morgan fingerprint density at radius 1 is 1.30 bits per heavy atom. The van der Waals surface area contributed by atoms with E-state index in [4.69, 9.17) is 4.99 Å². The predicted octanol–water partition coefficient (Wildman–Crippen LogP) is 3.98. The standard InChI is InChI=1S/C15H24N2OS.CH4/c1-10(2)12-13(18)16-14(19-12)17-15-7-3-5-11(9-15)6-4-8-15;/h10-12H,3-9H2,1-2H3,(H,16,17,18);1H4. The molecular weight excluding hydrogens is 268 g/mol. The molecule has 114 valence electrons. The second kappa shape index (κ2) is 6.08. The minimum Gasteiger partial charge on any atom is -0.304 e. The number of aliphatic imine (C=N–C) groups is 1. The van der Waals surface area contributed by atoms with Gasteiger partial charge in [-0.3, -0.25) is 9.79 Å². The molecular formula is C16H28N2OS. The molecule has 0 spiro atoms. The largest absolute Gasteiger partial charge is 0.304 e. The van der Waals surface area contributed by atoms with Gasteiger partial charge >= 0.3 is 0 Å². The van der Waals surface area contributed by atoms with Gasteiger partial charge in [0, 0.05) is 0 Å². The maximum absolute atomic E-state index is 11.9. The van der Waals surface area contributed by atoms with Gasteiger partial charge in [0.15, 0.2) is 5.17 Å². The third-order valence-corrected chi connectivity index (χ3v) is 6.28. The second-order valence-corrected chi connectivity index (χ2v) is 7.90. The molecule has 0 radical (unpaired) electrons. The average molecular weight is 296 g/mol. The van der Waals surface area contributed by atoms with Gasteiger partial charge in [0.05, 0.1) is 10.8 Å². The topological polar surface area (TPSA) is 41.5 Å². The Hall–Kier alpha value is -0.510. The summed E-state index contributed by atoms with van der Waals surface area (Å²) in [6, 6.07) is 0. The minimum atomic E-state index is 0. The monoisotopic (exact) mass is 296 g/mol. The van der Waals surface area contributed by atoms with E-state index in [1.54, 1.807) is 11.8 Å². The van der Waals surface area contributed by atoms with Crippen molar-refractivity contribution in [2.45, 2.75) is 77.0 Å². The van der Waals surface area contributed by atoms with E-state index in [1.807, 2.05) is 0 Å². The molecule has 2 saturated carbocycles. The third-order valence-electron chi connectivity index (χ3n) is 4.85. The first-order chi connectivity index (χ1) is 9.08. The van der Waals surface area contributed by atoms with Gasteiger partial charge in [0.1, 0.15) is 0 Å². The van der Waals surface area contributed by atoms with Gasteiger partial charge in [-0.05, 0) is 31.1 Å². The Labute approximate surface area is 127 Å². The fourth-order valence-corrected chi connectivity index (χ4v) is 4.98. The molecule has 1 N–H and O–H groups in total. The van der Waals surface area contributed by atoms with E-state index in [1.165, 1.54) is 44.9 Å². The molecule has 3 aliphatic rings. The van der Waals surface area contributed by atoms with Gasteiger partial charge < -0.3 is 5.32 Å². The number of thioether (sulfide) groups is 1. The summed E-state index contributed by atoms with van der Waals surface area (Å²) in [6.07, 6.45) is 9.09. The molecule has 1 amide bonds. The summed E-state index contributed by atoms with van der Waals surface area (Å²) in [6.45, 7) is 4.21. The van der Waals surface area contributed by atoms with Gasteiger partial charge in [-0.1, -0.05) is 58.7 Å². The van der Waals surface area contributed by atoms with Crippen LogP contribution in [0.5, 0.6) is 0 Å². The molecule has 3 fully saturated rings. The Morgan fingerprint density at radius 2 is 1.95 bits per heavy atom. The van der Waals surface area contributed by atoms with Gasteiger partial charge in [-0.2, -0.15) is 0 Å². The van der Waals surface area contributed by atoms with Crippen molar-refractivity contribution in [2.75, 3.05) is 0 Å². The smallest absolute Gasteiger partial charge is 0.239 e. The van der Waals surface area contributed by atoms with Crippen LogP contribution >= 0.6 is 11.8 Å². The summed E-state index contributed by atoms with van der Waals surface area (Å²) in [5.41, 5.74) is 0.155. The summed E-state index contributed by atoms with van der Waals surface area (Å²) >= 11 is 1.65. The predicted molar refractivity (Wildman–Crippen MR) is 87.1 cm³/mol. The second-order valence-electron chi connectivity index (χ2n) is 6.77. The number of nitrogens with one attached hydrogen (secondary N) is 1. The lowest BCUT2D eigenvalue weighted by Gasteiger charge is -2.42. The Balaban J connectivity index is 0.00000147. The third kappa shape index (κ3) is 3.05. The van der Waals surface area contributed by atoms with Crippen LogP contribution in [0.15, 0.2) is 4.99 Å². The van der Waals surface area contributed by atoms with Crippen LogP contribution in [0.25, 0.3) is 0 Å². The number of carbonyl (C=O) groups is 1. The van der Waals surface area contributed by atoms with E-state index in [2.05, 4.69) is 19.2 Å². The number of nitrogens with zero attached hydrogens (tertiary/aromatic N) is 1. The summed E-state index contributed by atoms with van der Waals surface area (Å²) in [4.78, 5) is 16.9. The number of amides is 1. The molecule has 1 atom stereocenters. The molecule has 2 bridgehead atoms. The van der Waals surface area contributed by atoms with E-state index < -0.39 is 0 Å². The van der Waals surface area contributed by atoms with Gasteiger partial charge in [0.25, 0.3) is 0 Å². The molecule has 1 aliphatic heterocycles. The highest BCUT2D eigenvalue weighted by Crippen LogP contribution is 2.46. The summed E-state index contributed by atoms with van der Waals surface area (Å²) < 4.78 is 0. The van der Waals surface area contributed by atoms with Gasteiger partial charge in [-0.25, -0.2) is 0 Å². The van der Waals surface area contributed by atoms with Crippen LogP contribution < -0.4 is 5.32 Å². The van der Waals surface area contributed by atoms with Crippen LogP contribution in [0.1, 0.15) is 66.2 Å². The van der Waals surface area contributed by atoms with Crippen molar-refractivity contribution in [2.24, 2.45) is 16.8 Å². The maximum Gasteiger partial charge on any atom is 0.239 e. The van der Waals surface area contributed by atoms with Crippen molar-refractivity contribution in [1.29, 1.82) is 0 Å². The fourth-order valence-electron chi connectivity index (χ4n) is 3.90. The molecule has 1 unspecified atom stereocenters. The number of amidine groups is 1. The zero-order valence-electron chi connectivity index (χ0n) is 11.9. The van der Waals surface area contributed by atoms with Crippen molar-refractivity contribution in [3.05, 3.63) is 0 Å². The highest BCUT2D eigenvalue weighted by Gasteiger charge is 2.41. The van der Waals surface area contributed by atoms with E-state index in [0.29, 0.717) is 5.92 Å². The van der Waals surface area contributed by atoms with Crippen molar-refractivity contribution in [1.82, 2.24) is 5.32 Å². The Morgan fingerprint density at radius 3 is 2.50 bits per heavy atom. The highest BCUT2D eigenvalue weighted by atomic mass is 32.2. The molecule has 0 aromatic heterocycles. The van der Waals surface area contributed by atoms with E-state index >= 15 is 0 Å². The average Bonchev–Trinajstić information content (AvgIpc) is 2.70. The first-order valence-corrected chi connectivity index (χ1v) is 8.53. The molecule has 20 heavy (non-hydrogen) atoms. The number of hydrogen-bond acceptors (Lipinski definition) is 3. The normalized spacial score (nSPS) is 38.8. The zero-order valence-corrected chi connectivity index (χ0v) is 12.8. The van der Waals surface area contributed by atoms with Gasteiger partial charge in [0.2, 0.25) is 5.91 Å². The van der Waals surface area contributed by atoms with Crippen LogP contribution in [-0.2, 0) is 4.79 Å². The molecule has 4 heteroatoms. The van der Waals surface area contributed by atoms with Crippen molar-refractivity contribution < 1.29 is 4.79 Å². The molecule has 3 nitrogen and oxygen atoms in total. The summed E-state index contributed by atoms with van der Waals surface area (Å²) in [7, 11) is 0. The van der Waals surface area contributed by atoms with Crippen LogP contribution in [0.4, 0.5) is 0 Å². The first kappa shape index (κ1) is 15.9. The molecule has 0 aromatic carbocycles. The van der Waals surface area contributed by atoms with E-state index in [9.17, 15) is 4.79 Å². The highest BCUT2D eigenvalue weighted by molar-refractivity contribution is 8.15. The molecule has 1 heterocycles. The molecule has 2 aliphatic carbocycles. The number of carbonyl (C=O) groups excluding carboxylic acids is 1. The minimum absolute atomic E-state index is 0. The Kier molecular flexibility index (Phi) is 4.83. The zero-order chi connectivity index (χ0) is 13.5.